The van der Waals surface area contributed by atoms with Crippen LogP contribution in [0, 0.1) is 0 Å². The van der Waals surface area contributed by atoms with Crippen LogP contribution in [0.15, 0.2) is 42.5 Å². The van der Waals surface area contributed by atoms with E-state index in [0.29, 0.717) is 6.04 Å². The lowest BCUT2D eigenvalue weighted by Crippen LogP contribution is -2.28. The molecule has 0 bridgehead atoms. The van der Waals surface area contributed by atoms with Crippen molar-refractivity contribution in [3.63, 3.8) is 0 Å². The van der Waals surface area contributed by atoms with Gasteiger partial charge in [-0.05, 0) is 23.3 Å². The second kappa shape index (κ2) is 4.53. The number of nitrogens with zero attached hydrogens (tertiary/aromatic N) is 1. The minimum atomic E-state index is 0.437. The van der Waals surface area contributed by atoms with Crippen LogP contribution in [-0.4, -0.2) is 11.5 Å². The topological polar surface area (TPSA) is 38.5 Å². The summed E-state index contributed by atoms with van der Waals surface area (Å²) < 4.78 is 5.76. The molecule has 2 aromatic rings. The first-order valence-corrected chi connectivity index (χ1v) is 7.15. The van der Waals surface area contributed by atoms with Crippen molar-refractivity contribution < 1.29 is 4.74 Å². The Morgan fingerprint density at radius 1 is 1.05 bits per heavy atom. The number of ether oxygens (including phenoxy) is 1. The number of para-hydroxylation sites is 1. The lowest BCUT2D eigenvalue weighted by Gasteiger charge is -2.32. The molecule has 102 valence electrons. The highest BCUT2D eigenvalue weighted by Crippen LogP contribution is 2.40. The summed E-state index contributed by atoms with van der Waals surface area (Å²) in [5.41, 5.74) is 11.0. The van der Waals surface area contributed by atoms with E-state index in [1.165, 1.54) is 16.7 Å². The van der Waals surface area contributed by atoms with Gasteiger partial charge in [0, 0.05) is 36.8 Å². The van der Waals surface area contributed by atoms with Crippen molar-refractivity contribution in [1.29, 1.82) is 0 Å². The molecule has 2 aromatic carbocycles. The first-order chi connectivity index (χ1) is 9.83. The van der Waals surface area contributed by atoms with E-state index < -0.39 is 0 Å². The van der Waals surface area contributed by atoms with Gasteiger partial charge in [-0.15, -0.1) is 0 Å². The first-order valence-electron chi connectivity index (χ1n) is 7.15. The lowest BCUT2D eigenvalue weighted by molar-refractivity contribution is 0.139. The van der Waals surface area contributed by atoms with Crippen molar-refractivity contribution >= 4 is 5.69 Å². The summed E-state index contributed by atoms with van der Waals surface area (Å²) in [6, 6.07) is 15.1. The summed E-state index contributed by atoms with van der Waals surface area (Å²) in [6.07, 6.45) is 1.05. The number of benzene rings is 2. The molecule has 3 heteroatoms. The number of anilines is 1. The Morgan fingerprint density at radius 3 is 2.85 bits per heavy atom. The van der Waals surface area contributed by atoms with E-state index in [9.17, 15) is 0 Å². The van der Waals surface area contributed by atoms with Crippen molar-refractivity contribution in [2.75, 3.05) is 12.3 Å². The number of hydrogen-bond acceptors (Lipinski definition) is 3. The minimum absolute atomic E-state index is 0.437. The number of fused-ring (bicyclic) bond motifs is 2. The second-order valence-electron chi connectivity index (χ2n) is 5.58. The quantitative estimate of drug-likeness (QED) is 0.806. The highest BCUT2D eigenvalue weighted by Gasteiger charge is 2.31. The summed E-state index contributed by atoms with van der Waals surface area (Å²) in [5, 5.41) is 0. The zero-order chi connectivity index (χ0) is 13.5. The van der Waals surface area contributed by atoms with E-state index in [-0.39, 0.29) is 0 Å². The molecule has 2 aliphatic heterocycles. The third kappa shape index (κ3) is 1.78. The summed E-state index contributed by atoms with van der Waals surface area (Å²) in [5.74, 6) is 1.03. The van der Waals surface area contributed by atoms with Crippen LogP contribution in [0.2, 0.25) is 0 Å². The molecule has 20 heavy (non-hydrogen) atoms. The SMILES string of the molecule is Nc1cccc2c1CN(C1CCOc3ccccc31)C2. The zero-order valence-corrected chi connectivity index (χ0v) is 11.4. The number of nitrogens with two attached hydrogens (primary N) is 1. The van der Waals surface area contributed by atoms with Crippen LogP contribution in [0.5, 0.6) is 5.75 Å². The Hall–Kier alpha value is -2.00. The van der Waals surface area contributed by atoms with Gasteiger partial charge in [0.25, 0.3) is 0 Å². The Balaban J connectivity index is 1.67. The molecule has 0 saturated heterocycles. The molecule has 0 radical (unpaired) electrons. The first kappa shape index (κ1) is 11.8. The highest BCUT2D eigenvalue weighted by atomic mass is 16.5. The molecule has 0 saturated carbocycles. The van der Waals surface area contributed by atoms with Gasteiger partial charge >= 0.3 is 0 Å². The van der Waals surface area contributed by atoms with Crippen molar-refractivity contribution in [2.24, 2.45) is 0 Å². The van der Waals surface area contributed by atoms with Gasteiger partial charge in [-0.2, -0.15) is 0 Å². The molecule has 0 fully saturated rings. The Morgan fingerprint density at radius 2 is 1.95 bits per heavy atom. The number of nitrogen functional groups attached to an aromatic ring is 1. The van der Waals surface area contributed by atoms with Crippen molar-refractivity contribution in [3.8, 4) is 5.75 Å². The Kier molecular flexibility index (Phi) is 2.67. The second-order valence-corrected chi connectivity index (χ2v) is 5.58. The molecule has 1 atom stereocenters. The predicted octanol–water partition coefficient (Wildman–Crippen LogP) is 3.11. The summed E-state index contributed by atoms with van der Waals surface area (Å²) >= 11 is 0. The van der Waals surface area contributed by atoms with Crippen molar-refractivity contribution in [3.05, 3.63) is 59.2 Å². The van der Waals surface area contributed by atoms with Crippen LogP contribution in [-0.2, 0) is 13.1 Å². The summed E-state index contributed by atoms with van der Waals surface area (Å²) in [4.78, 5) is 2.52. The van der Waals surface area contributed by atoms with Crippen LogP contribution in [0.25, 0.3) is 0 Å². The molecular weight excluding hydrogens is 248 g/mol. The molecule has 2 aliphatic rings. The lowest BCUT2D eigenvalue weighted by atomic mass is 9.99. The van der Waals surface area contributed by atoms with Gasteiger partial charge in [-0.1, -0.05) is 30.3 Å². The maximum absolute atomic E-state index is 6.11. The van der Waals surface area contributed by atoms with E-state index in [1.54, 1.807) is 0 Å². The smallest absolute Gasteiger partial charge is 0.124 e. The molecule has 2 N–H and O–H groups in total. The third-order valence-electron chi connectivity index (χ3n) is 4.41. The number of rotatable bonds is 1. The van der Waals surface area contributed by atoms with Gasteiger partial charge in [0.05, 0.1) is 6.61 Å². The molecule has 4 rings (SSSR count). The third-order valence-corrected chi connectivity index (χ3v) is 4.41. The standard InChI is InChI=1S/C17H18N2O/c18-15-6-3-4-12-10-19(11-14(12)15)16-8-9-20-17-7-2-1-5-13(16)17/h1-7,16H,8-11,18H2. The fourth-order valence-electron chi connectivity index (χ4n) is 3.40. The maximum atomic E-state index is 6.11. The highest BCUT2D eigenvalue weighted by molar-refractivity contribution is 5.52. The average Bonchev–Trinajstić information content (AvgIpc) is 2.92. The van der Waals surface area contributed by atoms with Crippen LogP contribution in [0.1, 0.15) is 29.2 Å². The average molecular weight is 266 g/mol. The molecule has 0 aliphatic carbocycles. The zero-order valence-electron chi connectivity index (χ0n) is 11.4. The Bertz CT molecular complexity index is 653. The molecule has 2 heterocycles. The molecular formula is C17H18N2O. The predicted molar refractivity (Wildman–Crippen MR) is 79.4 cm³/mol. The largest absolute Gasteiger partial charge is 0.493 e. The van der Waals surface area contributed by atoms with E-state index in [4.69, 9.17) is 10.5 Å². The van der Waals surface area contributed by atoms with Gasteiger partial charge < -0.3 is 10.5 Å². The van der Waals surface area contributed by atoms with E-state index in [2.05, 4.69) is 35.2 Å². The maximum Gasteiger partial charge on any atom is 0.124 e. The van der Waals surface area contributed by atoms with E-state index in [1.807, 2.05) is 12.1 Å². The fourth-order valence-corrected chi connectivity index (χ4v) is 3.40. The fraction of sp³-hybridized carbons (Fsp3) is 0.294. The normalized spacial score (nSPS) is 21.1. The van der Waals surface area contributed by atoms with Gasteiger partial charge in [0.1, 0.15) is 5.75 Å². The molecule has 1 unspecified atom stereocenters. The van der Waals surface area contributed by atoms with Crippen molar-refractivity contribution in [2.45, 2.75) is 25.6 Å². The molecule has 3 nitrogen and oxygen atoms in total. The van der Waals surface area contributed by atoms with Gasteiger partial charge in [0.15, 0.2) is 0 Å². The van der Waals surface area contributed by atoms with Gasteiger partial charge in [-0.3, -0.25) is 4.90 Å². The summed E-state index contributed by atoms with van der Waals surface area (Å²) in [6.45, 7) is 2.73. The van der Waals surface area contributed by atoms with Crippen molar-refractivity contribution in [1.82, 2.24) is 4.90 Å². The van der Waals surface area contributed by atoms with Crippen LogP contribution < -0.4 is 10.5 Å². The van der Waals surface area contributed by atoms with Gasteiger partial charge in [0.2, 0.25) is 0 Å². The minimum Gasteiger partial charge on any atom is -0.493 e. The molecule has 0 spiro atoms. The monoisotopic (exact) mass is 266 g/mol. The van der Waals surface area contributed by atoms with Crippen LogP contribution in [0.4, 0.5) is 5.69 Å². The van der Waals surface area contributed by atoms with Gasteiger partial charge in [-0.25, -0.2) is 0 Å². The molecule has 0 amide bonds. The van der Waals surface area contributed by atoms with E-state index in [0.717, 1.165) is 37.6 Å². The number of hydrogen-bond donors (Lipinski definition) is 1. The van der Waals surface area contributed by atoms with Crippen LogP contribution in [0.3, 0.4) is 0 Å². The van der Waals surface area contributed by atoms with Crippen LogP contribution >= 0.6 is 0 Å². The molecule has 0 aromatic heterocycles. The Labute approximate surface area is 119 Å². The summed E-state index contributed by atoms with van der Waals surface area (Å²) in [7, 11) is 0. The van der Waals surface area contributed by atoms with E-state index >= 15 is 0 Å².